The van der Waals surface area contributed by atoms with Crippen molar-refractivity contribution in [1.29, 1.82) is 0 Å². The summed E-state index contributed by atoms with van der Waals surface area (Å²) in [7, 11) is 0. The van der Waals surface area contributed by atoms with Gasteiger partial charge in [-0.15, -0.1) is 0 Å². The molecule has 1 N–H and O–H groups in total. The molecule has 2 rings (SSSR count). The summed E-state index contributed by atoms with van der Waals surface area (Å²) in [6.45, 7) is 5.03. The number of benzene rings is 1. The summed E-state index contributed by atoms with van der Waals surface area (Å²) in [4.78, 5) is 25.0. The highest BCUT2D eigenvalue weighted by molar-refractivity contribution is 9.10. The first-order valence-electron chi connectivity index (χ1n) is 8.43. The van der Waals surface area contributed by atoms with Crippen molar-refractivity contribution in [3.05, 3.63) is 27.1 Å². The second-order valence-electron chi connectivity index (χ2n) is 5.59. The van der Waals surface area contributed by atoms with Gasteiger partial charge in [-0.3, -0.25) is 14.5 Å². The Labute approximate surface area is 176 Å². The van der Waals surface area contributed by atoms with E-state index in [1.807, 2.05) is 26.0 Å². The molecule has 0 bridgehead atoms. The summed E-state index contributed by atoms with van der Waals surface area (Å²) in [5.41, 5.74) is 0.757. The molecule has 1 aliphatic rings. The summed E-state index contributed by atoms with van der Waals surface area (Å²) in [5.74, 6) is -0.0367. The monoisotopic (exact) mass is 473 g/mol. The van der Waals surface area contributed by atoms with Crippen LogP contribution in [0.4, 0.5) is 0 Å². The van der Waals surface area contributed by atoms with E-state index in [9.17, 15) is 9.59 Å². The topological polar surface area (TPSA) is 76.1 Å². The number of carbonyl (C=O) groups is 2. The van der Waals surface area contributed by atoms with Crippen molar-refractivity contribution in [3.63, 3.8) is 0 Å². The zero-order chi connectivity index (χ0) is 20.0. The normalized spacial score (nSPS) is 15.5. The molecule has 0 spiro atoms. The van der Waals surface area contributed by atoms with E-state index >= 15 is 0 Å². The molecule has 1 aromatic rings. The number of thioether (sulfide) groups is 1. The molecule has 0 atom stereocenters. The van der Waals surface area contributed by atoms with Gasteiger partial charge in [0, 0.05) is 6.54 Å². The molecule has 0 unspecified atom stereocenters. The van der Waals surface area contributed by atoms with E-state index in [2.05, 4.69) is 15.9 Å². The number of rotatable bonds is 9. The summed E-state index contributed by atoms with van der Waals surface area (Å²) in [6.07, 6.45) is 2.44. The third kappa shape index (κ3) is 5.70. The van der Waals surface area contributed by atoms with Crippen LogP contribution in [0.1, 0.15) is 32.3 Å². The van der Waals surface area contributed by atoms with Crippen LogP contribution in [0.15, 0.2) is 21.5 Å². The fourth-order valence-corrected chi connectivity index (χ4v) is 4.21. The molecule has 6 nitrogen and oxygen atoms in total. The molecule has 0 aliphatic carbocycles. The SMILES string of the molecule is CCCOc1c(Br)cc(/C=C2\SC(=S)N(CCC(=O)O)C2=O)cc1OCC. The molecule has 1 aromatic carbocycles. The maximum absolute atomic E-state index is 12.5. The highest BCUT2D eigenvalue weighted by Crippen LogP contribution is 2.39. The molecule has 27 heavy (non-hydrogen) atoms. The number of carbonyl (C=O) groups excluding carboxylic acids is 1. The van der Waals surface area contributed by atoms with Crippen molar-refractivity contribution in [3.8, 4) is 11.5 Å². The molecular formula is C18H20BrNO5S2. The van der Waals surface area contributed by atoms with Crippen molar-refractivity contribution in [2.45, 2.75) is 26.7 Å². The highest BCUT2D eigenvalue weighted by atomic mass is 79.9. The van der Waals surface area contributed by atoms with E-state index in [1.54, 1.807) is 6.08 Å². The lowest BCUT2D eigenvalue weighted by Gasteiger charge is -2.14. The Morgan fingerprint density at radius 2 is 2.11 bits per heavy atom. The molecule has 9 heteroatoms. The van der Waals surface area contributed by atoms with Gasteiger partial charge in [0.25, 0.3) is 5.91 Å². The average Bonchev–Trinajstić information content (AvgIpc) is 2.86. The molecule has 146 valence electrons. The zero-order valence-electron chi connectivity index (χ0n) is 15.0. The number of amides is 1. The Kier molecular flexibility index (Phi) is 8.12. The number of hydrogen-bond donors (Lipinski definition) is 1. The number of thiocarbonyl (C=S) groups is 1. The third-order valence-corrected chi connectivity index (χ3v) is 5.47. The van der Waals surface area contributed by atoms with Crippen LogP contribution < -0.4 is 9.47 Å². The number of aliphatic carboxylic acids is 1. The molecule has 1 aliphatic heterocycles. The molecule has 0 aromatic heterocycles. The van der Waals surface area contributed by atoms with E-state index in [0.717, 1.165) is 28.2 Å². The minimum Gasteiger partial charge on any atom is -0.490 e. The van der Waals surface area contributed by atoms with Crippen LogP contribution in [0.25, 0.3) is 6.08 Å². The van der Waals surface area contributed by atoms with Crippen LogP contribution in [0.3, 0.4) is 0 Å². The third-order valence-electron chi connectivity index (χ3n) is 3.50. The molecule has 0 saturated carbocycles. The zero-order valence-corrected chi connectivity index (χ0v) is 18.2. The minimum absolute atomic E-state index is 0.0645. The lowest BCUT2D eigenvalue weighted by atomic mass is 10.1. The first-order valence-corrected chi connectivity index (χ1v) is 10.4. The smallest absolute Gasteiger partial charge is 0.305 e. The van der Waals surface area contributed by atoms with Gasteiger partial charge < -0.3 is 14.6 Å². The van der Waals surface area contributed by atoms with Gasteiger partial charge in [0.05, 0.1) is 29.0 Å². The Morgan fingerprint density at radius 1 is 1.37 bits per heavy atom. The van der Waals surface area contributed by atoms with Gasteiger partial charge in [-0.05, 0) is 53.0 Å². The van der Waals surface area contributed by atoms with Crippen molar-refractivity contribution in [1.82, 2.24) is 4.90 Å². The number of carboxylic acid groups (broad SMARTS) is 1. The second kappa shape index (κ2) is 10.1. The molecule has 1 amide bonds. The Balaban J connectivity index is 2.28. The summed E-state index contributed by atoms with van der Waals surface area (Å²) in [6, 6.07) is 3.65. The van der Waals surface area contributed by atoms with Gasteiger partial charge in [-0.25, -0.2) is 0 Å². The second-order valence-corrected chi connectivity index (χ2v) is 8.12. The lowest BCUT2D eigenvalue weighted by Crippen LogP contribution is -2.30. The van der Waals surface area contributed by atoms with E-state index in [-0.39, 0.29) is 18.9 Å². The standard InChI is InChI=1S/C18H20BrNO5S2/c1-3-7-25-16-12(19)8-11(9-13(16)24-4-2)10-14-17(23)20(18(26)27-14)6-5-15(21)22/h8-10H,3-7H2,1-2H3,(H,21,22)/b14-10-. The summed E-state index contributed by atoms with van der Waals surface area (Å²) >= 11 is 9.86. The highest BCUT2D eigenvalue weighted by Gasteiger charge is 2.32. The van der Waals surface area contributed by atoms with Gasteiger partial charge in [-0.2, -0.15) is 0 Å². The number of hydrogen-bond acceptors (Lipinski definition) is 6. The van der Waals surface area contributed by atoms with Crippen LogP contribution in [-0.4, -0.2) is 46.0 Å². The first kappa shape index (κ1) is 21.7. The van der Waals surface area contributed by atoms with E-state index in [0.29, 0.717) is 33.9 Å². The quantitative estimate of drug-likeness (QED) is 0.422. The number of halogens is 1. The van der Waals surface area contributed by atoms with E-state index in [1.165, 1.54) is 4.90 Å². The molecular weight excluding hydrogens is 454 g/mol. The van der Waals surface area contributed by atoms with Gasteiger partial charge >= 0.3 is 5.97 Å². The largest absolute Gasteiger partial charge is 0.490 e. The van der Waals surface area contributed by atoms with Crippen LogP contribution in [0.2, 0.25) is 0 Å². The summed E-state index contributed by atoms with van der Waals surface area (Å²) < 4.78 is 12.5. The van der Waals surface area contributed by atoms with E-state index in [4.69, 9.17) is 26.8 Å². The molecule has 1 heterocycles. The number of carboxylic acids is 1. The van der Waals surface area contributed by atoms with Crippen molar-refractivity contribution < 1.29 is 24.2 Å². The maximum Gasteiger partial charge on any atom is 0.305 e. The van der Waals surface area contributed by atoms with Gasteiger partial charge in [0.15, 0.2) is 11.5 Å². The number of nitrogens with zero attached hydrogens (tertiary/aromatic N) is 1. The number of ether oxygens (including phenoxy) is 2. The molecule has 1 saturated heterocycles. The maximum atomic E-state index is 12.5. The fraction of sp³-hybridized carbons (Fsp3) is 0.389. The van der Waals surface area contributed by atoms with Crippen molar-refractivity contribution in [2.24, 2.45) is 0 Å². The lowest BCUT2D eigenvalue weighted by molar-refractivity contribution is -0.137. The van der Waals surface area contributed by atoms with Crippen LogP contribution in [0.5, 0.6) is 11.5 Å². The Morgan fingerprint density at radius 3 is 2.74 bits per heavy atom. The van der Waals surface area contributed by atoms with Gasteiger partial charge in [0.1, 0.15) is 4.32 Å². The molecule has 0 radical (unpaired) electrons. The van der Waals surface area contributed by atoms with E-state index < -0.39 is 5.97 Å². The summed E-state index contributed by atoms with van der Waals surface area (Å²) in [5, 5.41) is 8.81. The predicted octanol–water partition coefficient (Wildman–Crippen LogP) is 4.31. The first-order chi connectivity index (χ1) is 12.9. The minimum atomic E-state index is -0.971. The van der Waals surface area contributed by atoms with Gasteiger partial charge in [0.2, 0.25) is 0 Å². The molecule has 1 fully saturated rings. The fourth-order valence-electron chi connectivity index (χ4n) is 2.33. The van der Waals surface area contributed by atoms with Crippen molar-refractivity contribution >= 4 is 62.2 Å². The van der Waals surface area contributed by atoms with Crippen LogP contribution in [-0.2, 0) is 9.59 Å². The van der Waals surface area contributed by atoms with Crippen LogP contribution >= 0.6 is 39.9 Å². The Bertz CT molecular complexity index is 781. The average molecular weight is 474 g/mol. The van der Waals surface area contributed by atoms with Crippen LogP contribution in [0, 0.1) is 0 Å². The van der Waals surface area contributed by atoms with Gasteiger partial charge in [-0.1, -0.05) is 30.9 Å². The predicted molar refractivity (Wildman–Crippen MR) is 113 cm³/mol. The van der Waals surface area contributed by atoms with Crippen molar-refractivity contribution in [2.75, 3.05) is 19.8 Å². The Hall–Kier alpha value is -1.58.